The molecule has 0 atom stereocenters. The van der Waals surface area contributed by atoms with Crippen molar-refractivity contribution in [2.45, 2.75) is 12.8 Å². The van der Waals surface area contributed by atoms with E-state index in [1.165, 1.54) is 0 Å². The van der Waals surface area contributed by atoms with Gasteiger partial charge in [-0.25, -0.2) is 5.48 Å². The van der Waals surface area contributed by atoms with Gasteiger partial charge in [0.05, 0.1) is 13.2 Å². The van der Waals surface area contributed by atoms with Gasteiger partial charge in [-0.15, -0.1) is 0 Å². The summed E-state index contributed by atoms with van der Waals surface area (Å²) in [6.45, 7) is 1.99. The average molecular weight is 202 g/mol. The predicted octanol–water partition coefficient (Wildman–Crippen LogP) is -0.632. The number of aliphatic hydroxyl groups is 1. The second kappa shape index (κ2) is 5.95. The number of carbonyl (C=O) groups excluding carboxylic acids is 1. The summed E-state index contributed by atoms with van der Waals surface area (Å²) in [4.78, 5) is 18.4. The molecule has 0 spiro atoms. The fourth-order valence-electron chi connectivity index (χ4n) is 1.52. The smallest absolute Gasteiger partial charge is 0.246 e. The van der Waals surface area contributed by atoms with Crippen LogP contribution < -0.4 is 5.48 Å². The van der Waals surface area contributed by atoms with Crippen molar-refractivity contribution in [3.63, 3.8) is 0 Å². The van der Waals surface area contributed by atoms with Crippen LogP contribution in [0.25, 0.3) is 0 Å². The zero-order valence-electron chi connectivity index (χ0n) is 8.53. The highest BCUT2D eigenvalue weighted by Crippen LogP contribution is 2.15. The molecule has 2 N–H and O–H groups in total. The van der Waals surface area contributed by atoms with Crippen molar-refractivity contribution >= 4 is 5.91 Å². The molecule has 82 valence electrons. The van der Waals surface area contributed by atoms with Crippen LogP contribution in [0.5, 0.6) is 0 Å². The average Bonchev–Trinajstić information content (AvgIpc) is 2.19. The van der Waals surface area contributed by atoms with Crippen LogP contribution in [0.4, 0.5) is 0 Å². The molecule has 0 bridgehead atoms. The maximum Gasteiger partial charge on any atom is 0.246 e. The Kier molecular flexibility index (Phi) is 4.86. The highest BCUT2D eigenvalue weighted by Gasteiger charge is 2.23. The van der Waals surface area contributed by atoms with E-state index in [0.717, 1.165) is 25.9 Å². The number of nitrogens with zero attached hydrogens (tertiary/aromatic N) is 1. The number of amides is 1. The fourth-order valence-corrected chi connectivity index (χ4v) is 1.52. The van der Waals surface area contributed by atoms with Crippen LogP contribution in [0.15, 0.2) is 0 Å². The minimum Gasteiger partial charge on any atom is -0.394 e. The second-order valence-corrected chi connectivity index (χ2v) is 3.62. The molecule has 1 heterocycles. The van der Waals surface area contributed by atoms with Gasteiger partial charge in [-0.3, -0.25) is 9.63 Å². The molecule has 1 aliphatic rings. The number of hydrogen-bond donors (Lipinski definition) is 2. The van der Waals surface area contributed by atoms with Crippen molar-refractivity contribution in [1.29, 1.82) is 0 Å². The highest BCUT2D eigenvalue weighted by molar-refractivity contribution is 5.77. The standard InChI is InChI=1S/C9H18N2O3/c1-11-4-2-8(3-5-11)9(13)10-14-7-6-12/h8,12H,2-7H2,1H3,(H,10,13). The molecular weight excluding hydrogens is 184 g/mol. The first-order chi connectivity index (χ1) is 6.74. The zero-order valence-corrected chi connectivity index (χ0v) is 8.53. The number of hydrogen-bond acceptors (Lipinski definition) is 4. The molecule has 1 rings (SSSR count). The summed E-state index contributed by atoms with van der Waals surface area (Å²) >= 11 is 0. The minimum atomic E-state index is -0.0757. The summed E-state index contributed by atoms with van der Waals surface area (Å²) < 4.78 is 0. The summed E-state index contributed by atoms with van der Waals surface area (Å²) in [6.07, 6.45) is 1.76. The van der Waals surface area contributed by atoms with Crippen LogP contribution in [0.3, 0.4) is 0 Å². The monoisotopic (exact) mass is 202 g/mol. The largest absolute Gasteiger partial charge is 0.394 e. The molecule has 0 radical (unpaired) electrons. The molecule has 1 aliphatic heterocycles. The van der Waals surface area contributed by atoms with Gasteiger partial charge in [0.25, 0.3) is 0 Å². The third-order valence-electron chi connectivity index (χ3n) is 2.46. The Labute approximate surface area is 84.0 Å². The number of likely N-dealkylation sites (tertiary alicyclic amines) is 1. The van der Waals surface area contributed by atoms with Crippen molar-refractivity contribution in [2.24, 2.45) is 5.92 Å². The van der Waals surface area contributed by atoms with E-state index in [1.54, 1.807) is 0 Å². The van der Waals surface area contributed by atoms with Gasteiger partial charge in [-0.1, -0.05) is 0 Å². The van der Waals surface area contributed by atoms with Crippen LogP contribution in [0.1, 0.15) is 12.8 Å². The van der Waals surface area contributed by atoms with Crippen molar-refractivity contribution in [2.75, 3.05) is 33.4 Å². The Bertz CT molecular complexity index is 179. The first-order valence-corrected chi connectivity index (χ1v) is 4.95. The summed E-state index contributed by atoms with van der Waals surface area (Å²) in [7, 11) is 2.05. The molecule has 5 nitrogen and oxygen atoms in total. The molecule has 0 aromatic heterocycles. The molecule has 1 amide bonds. The Morgan fingerprint density at radius 2 is 2.21 bits per heavy atom. The van der Waals surface area contributed by atoms with E-state index in [1.807, 2.05) is 0 Å². The Morgan fingerprint density at radius 1 is 1.57 bits per heavy atom. The molecule has 0 unspecified atom stereocenters. The first-order valence-electron chi connectivity index (χ1n) is 4.95. The second-order valence-electron chi connectivity index (χ2n) is 3.62. The SMILES string of the molecule is CN1CCC(C(=O)NOCCO)CC1. The van der Waals surface area contributed by atoms with E-state index < -0.39 is 0 Å². The first kappa shape index (κ1) is 11.4. The van der Waals surface area contributed by atoms with Gasteiger partial charge in [0, 0.05) is 5.92 Å². The van der Waals surface area contributed by atoms with E-state index in [-0.39, 0.29) is 25.0 Å². The Hall–Kier alpha value is -0.650. The maximum atomic E-state index is 11.4. The van der Waals surface area contributed by atoms with Crippen molar-refractivity contribution in [3.8, 4) is 0 Å². The molecule has 5 heteroatoms. The Balaban J connectivity index is 2.17. The lowest BCUT2D eigenvalue weighted by molar-refractivity contribution is -0.139. The molecule has 0 aromatic rings. The van der Waals surface area contributed by atoms with Gasteiger partial charge in [0.2, 0.25) is 5.91 Å². The van der Waals surface area contributed by atoms with Crippen LogP contribution in [0.2, 0.25) is 0 Å². The van der Waals surface area contributed by atoms with E-state index in [4.69, 9.17) is 9.94 Å². The summed E-state index contributed by atoms with van der Waals surface area (Å²) in [5.74, 6) is -0.00329. The number of carbonyl (C=O) groups is 1. The maximum absolute atomic E-state index is 11.4. The van der Waals surface area contributed by atoms with Crippen LogP contribution in [0, 0.1) is 5.92 Å². The van der Waals surface area contributed by atoms with Gasteiger partial charge in [-0.2, -0.15) is 0 Å². The van der Waals surface area contributed by atoms with Crippen LogP contribution in [-0.2, 0) is 9.63 Å². The number of hydroxylamine groups is 1. The molecule has 0 saturated carbocycles. The normalized spacial score (nSPS) is 19.6. The predicted molar refractivity (Wildman–Crippen MR) is 51.4 cm³/mol. The number of nitrogens with one attached hydrogen (secondary N) is 1. The molecule has 1 saturated heterocycles. The van der Waals surface area contributed by atoms with Crippen LogP contribution in [-0.4, -0.2) is 49.3 Å². The third-order valence-corrected chi connectivity index (χ3v) is 2.46. The van der Waals surface area contributed by atoms with E-state index >= 15 is 0 Å². The zero-order chi connectivity index (χ0) is 10.4. The molecule has 1 fully saturated rings. The molecule has 0 aliphatic carbocycles. The lowest BCUT2D eigenvalue weighted by Gasteiger charge is -2.27. The fraction of sp³-hybridized carbons (Fsp3) is 0.889. The molecule has 0 aromatic carbocycles. The molecular formula is C9H18N2O3. The third kappa shape index (κ3) is 3.61. The van der Waals surface area contributed by atoms with Crippen molar-refractivity contribution < 1.29 is 14.7 Å². The topological polar surface area (TPSA) is 61.8 Å². The van der Waals surface area contributed by atoms with E-state index in [0.29, 0.717) is 0 Å². The van der Waals surface area contributed by atoms with E-state index in [2.05, 4.69) is 17.4 Å². The minimum absolute atomic E-state index is 0.0601. The number of aliphatic hydroxyl groups excluding tert-OH is 1. The van der Waals surface area contributed by atoms with Gasteiger partial charge in [-0.05, 0) is 33.0 Å². The lowest BCUT2D eigenvalue weighted by atomic mass is 9.97. The lowest BCUT2D eigenvalue weighted by Crippen LogP contribution is -2.39. The van der Waals surface area contributed by atoms with E-state index in [9.17, 15) is 4.79 Å². The van der Waals surface area contributed by atoms with Gasteiger partial charge < -0.3 is 10.0 Å². The summed E-state index contributed by atoms with van der Waals surface area (Å²) in [5.41, 5.74) is 2.35. The van der Waals surface area contributed by atoms with Crippen molar-refractivity contribution in [3.05, 3.63) is 0 Å². The number of rotatable bonds is 4. The van der Waals surface area contributed by atoms with Crippen LogP contribution >= 0.6 is 0 Å². The quantitative estimate of drug-likeness (QED) is 0.470. The summed E-state index contributed by atoms with van der Waals surface area (Å²) in [6, 6.07) is 0. The Morgan fingerprint density at radius 3 is 2.79 bits per heavy atom. The highest BCUT2D eigenvalue weighted by atomic mass is 16.7. The number of piperidine rings is 1. The van der Waals surface area contributed by atoms with Gasteiger partial charge in [0.15, 0.2) is 0 Å². The summed E-state index contributed by atoms with van der Waals surface area (Å²) in [5, 5.41) is 8.44. The van der Waals surface area contributed by atoms with Gasteiger partial charge in [0.1, 0.15) is 0 Å². The molecule has 14 heavy (non-hydrogen) atoms. The van der Waals surface area contributed by atoms with Gasteiger partial charge >= 0.3 is 0 Å². The van der Waals surface area contributed by atoms with Crippen molar-refractivity contribution in [1.82, 2.24) is 10.4 Å².